The molecular formula is C19H30O3PPdS-. The Morgan fingerprint density at radius 3 is 1.72 bits per heavy atom. The molecule has 0 radical (unpaired) electrons. The number of hydrogen-bond acceptors (Lipinski definition) is 3. The summed E-state index contributed by atoms with van der Waals surface area (Å²) in [7, 11) is -4.95. The van der Waals surface area contributed by atoms with E-state index in [1.54, 1.807) is 6.07 Å². The molecule has 0 spiro atoms. The Kier molecular flexibility index (Phi) is 9.80. The second-order valence-corrected chi connectivity index (χ2v) is 11.0. The summed E-state index contributed by atoms with van der Waals surface area (Å²) >= 11 is 0. The van der Waals surface area contributed by atoms with Crippen molar-refractivity contribution in [2.45, 2.75) is 87.8 Å². The molecule has 2 fully saturated rings. The fourth-order valence-corrected chi connectivity index (χ4v) is 9.33. The van der Waals surface area contributed by atoms with Crippen LogP contribution in [0.1, 0.15) is 71.6 Å². The van der Waals surface area contributed by atoms with Crippen LogP contribution in [0.4, 0.5) is 0 Å². The predicted octanol–water partition coefficient (Wildman–Crippen LogP) is 5.00. The maximum Gasteiger partial charge on any atom is 0.125 e. The Balaban J connectivity index is 0.00000156. The molecule has 146 valence electrons. The topological polar surface area (TPSA) is 57.2 Å². The molecule has 1 aromatic carbocycles. The molecule has 0 heterocycles. The van der Waals surface area contributed by atoms with Gasteiger partial charge in [0.2, 0.25) is 0 Å². The first-order valence-corrected chi connectivity index (χ1v) is 11.8. The SMILES string of the molecule is C.O=S(=O)([O-])c1ccccc1P(C1CCCCC1)C1CCCCC1.[Pd]. The first-order chi connectivity index (χ1) is 11.1. The van der Waals surface area contributed by atoms with Crippen LogP contribution < -0.4 is 5.30 Å². The van der Waals surface area contributed by atoms with Gasteiger partial charge in [-0.25, -0.2) is 8.42 Å². The largest absolute Gasteiger partial charge is 0.744 e. The van der Waals surface area contributed by atoms with Crippen LogP contribution in [-0.4, -0.2) is 24.3 Å². The van der Waals surface area contributed by atoms with Crippen molar-refractivity contribution in [3.8, 4) is 0 Å². The summed E-state index contributed by atoms with van der Waals surface area (Å²) < 4.78 is 35.3. The second-order valence-electron chi connectivity index (χ2n) is 6.91. The third kappa shape index (κ3) is 5.85. The van der Waals surface area contributed by atoms with E-state index in [1.807, 2.05) is 12.1 Å². The van der Waals surface area contributed by atoms with Crippen molar-refractivity contribution < 1.29 is 33.4 Å². The van der Waals surface area contributed by atoms with E-state index in [9.17, 15) is 13.0 Å². The minimum Gasteiger partial charge on any atom is -0.744 e. The van der Waals surface area contributed by atoms with Crippen LogP contribution in [0.3, 0.4) is 0 Å². The Morgan fingerprint density at radius 2 is 1.28 bits per heavy atom. The molecule has 0 unspecified atom stereocenters. The maximum absolute atomic E-state index is 11.8. The molecule has 0 aromatic heterocycles. The Labute approximate surface area is 168 Å². The van der Waals surface area contributed by atoms with E-state index < -0.39 is 18.0 Å². The Hall–Kier alpha value is 0.222. The van der Waals surface area contributed by atoms with Crippen molar-refractivity contribution in [2.24, 2.45) is 0 Å². The summed E-state index contributed by atoms with van der Waals surface area (Å²) in [5.41, 5.74) is 1.20. The average molecular weight is 476 g/mol. The first-order valence-electron chi connectivity index (χ1n) is 8.90. The molecule has 25 heavy (non-hydrogen) atoms. The minimum atomic E-state index is -4.39. The van der Waals surface area contributed by atoms with Gasteiger partial charge in [-0.05, 0) is 48.4 Å². The van der Waals surface area contributed by atoms with Gasteiger partial charge in [-0.15, -0.1) is 0 Å². The molecule has 0 amide bonds. The molecule has 6 heteroatoms. The van der Waals surface area contributed by atoms with E-state index in [1.165, 1.54) is 70.3 Å². The summed E-state index contributed by atoms with van der Waals surface area (Å²) in [4.78, 5) is 0.0576. The molecule has 2 aliphatic carbocycles. The van der Waals surface area contributed by atoms with Crippen LogP contribution in [0.2, 0.25) is 0 Å². The summed E-state index contributed by atoms with van der Waals surface area (Å²) in [6.07, 6.45) is 12.4. The Bertz CT molecular complexity index is 605. The van der Waals surface area contributed by atoms with E-state index in [2.05, 4.69) is 0 Å². The van der Waals surface area contributed by atoms with Gasteiger partial charge in [0, 0.05) is 20.4 Å². The van der Waals surface area contributed by atoms with Crippen LogP contribution in [0.15, 0.2) is 29.2 Å². The molecule has 0 atom stereocenters. The third-order valence-corrected chi connectivity index (χ3v) is 9.95. The predicted molar refractivity (Wildman–Crippen MR) is 101 cm³/mol. The molecule has 2 saturated carbocycles. The van der Waals surface area contributed by atoms with Crippen molar-refractivity contribution in [3.05, 3.63) is 24.3 Å². The third-order valence-electron chi connectivity index (χ3n) is 5.35. The Morgan fingerprint density at radius 1 is 0.840 bits per heavy atom. The van der Waals surface area contributed by atoms with Crippen LogP contribution in [0.5, 0.6) is 0 Å². The fourth-order valence-electron chi connectivity index (χ4n) is 4.29. The van der Waals surface area contributed by atoms with E-state index in [0.29, 0.717) is 11.3 Å². The van der Waals surface area contributed by atoms with Gasteiger partial charge in [0.05, 0.1) is 4.90 Å². The van der Waals surface area contributed by atoms with Gasteiger partial charge >= 0.3 is 0 Å². The molecule has 0 aliphatic heterocycles. The zero-order valence-corrected chi connectivity index (χ0v) is 17.2. The molecule has 2 aliphatic rings. The van der Waals surface area contributed by atoms with E-state index >= 15 is 0 Å². The monoisotopic (exact) mass is 475 g/mol. The molecule has 3 rings (SSSR count). The van der Waals surface area contributed by atoms with Gasteiger partial charge < -0.3 is 4.55 Å². The molecule has 0 saturated heterocycles. The van der Waals surface area contributed by atoms with Crippen LogP contribution in [0, 0.1) is 0 Å². The van der Waals surface area contributed by atoms with Gasteiger partial charge in [-0.1, -0.05) is 72.1 Å². The van der Waals surface area contributed by atoms with Gasteiger partial charge in [0.1, 0.15) is 10.1 Å². The van der Waals surface area contributed by atoms with Gasteiger partial charge in [-0.3, -0.25) is 0 Å². The molecule has 0 N–H and O–H groups in total. The maximum atomic E-state index is 11.8. The zero-order valence-electron chi connectivity index (χ0n) is 13.9. The minimum absolute atomic E-state index is 0. The number of benzene rings is 1. The summed E-state index contributed by atoms with van der Waals surface area (Å²) in [5, 5.41) is 0.872. The summed E-state index contributed by atoms with van der Waals surface area (Å²) in [6.45, 7) is 0. The summed E-state index contributed by atoms with van der Waals surface area (Å²) in [5.74, 6) is 0. The van der Waals surface area contributed by atoms with E-state index in [-0.39, 0.29) is 32.7 Å². The van der Waals surface area contributed by atoms with Crippen molar-refractivity contribution in [1.82, 2.24) is 0 Å². The number of hydrogen-bond donors (Lipinski definition) is 0. The van der Waals surface area contributed by atoms with Crippen LogP contribution >= 0.6 is 7.92 Å². The van der Waals surface area contributed by atoms with Crippen molar-refractivity contribution in [2.75, 3.05) is 0 Å². The van der Waals surface area contributed by atoms with E-state index in [0.717, 1.165) is 5.30 Å². The standard InChI is InChI=1S/C18H27O3PS.CH4.Pd/c19-23(20,21)18-14-8-7-13-17(18)22(15-9-3-1-4-10-15)16-11-5-2-6-12-16;;/h7-8,13-16H,1-6,9-12H2,(H,19,20,21);1H4;/p-1. The molecule has 3 nitrogen and oxygen atoms in total. The number of rotatable bonds is 4. The first kappa shape index (κ1) is 23.3. The summed E-state index contributed by atoms with van der Waals surface area (Å²) in [6, 6.07) is 7.05. The quantitative estimate of drug-likeness (QED) is 0.350. The van der Waals surface area contributed by atoms with Crippen molar-refractivity contribution >= 4 is 23.3 Å². The van der Waals surface area contributed by atoms with Crippen LogP contribution in [-0.2, 0) is 30.5 Å². The van der Waals surface area contributed by atoms with Gasteiger partial charge in [0.15, 0.2) is 0 Å². The normalized spacial score (nSPS) is 19.9. The average Bonchev–Trinajstić information content (AvgIpc) is 2.57. The molecular weight excluding hydrogens is 446 g/mol. The van der Waals surface area contributed by atoms with Gasteiger partial charge in [-0.2, -0.15) is 0 Å². The van der Waals surface area contributed by atoms with Crippen molar-refractivity contribution in [3.63, 3.8) is 0 Å². The smallest absolute Gasteiger partial charge is 0.125 e. The van der Waals surface area contributed by atoms with E-state index in [4.69, 9.17) is 0 Å². The molecule has 0 bridgehead atoms. The van der Waals surface area contributed by atoms with Crippen molar-refractivity contribution in [1.29, 1.82) is 0 Å². The second kappa shape index (κ2) is 10.5. The zero-order chi connectivity index (χ0) is 16.3. The fraction of sp³-hybridized carbons (Fsp3) is 0.684. The molecule has 1 aromatic rings. The van der Waals surface area contributed by atoms with Crippen LogP contribution in [0.25, 0.3) is 0 Å². The van der Waals surface area contributed by atoms with Gasteiger partial charge in [0.25, 0.3) is 0 Å².